The van der Waals surface area contributed by atoms with E-state index in [1.807, 2.05) is 25.1 Å². The Labute approximate surface area is 170 Å². The molecular formula is C21H25ClFN3O2. The number of ether oxygens (including phenoxy) is 1. The van der Waals surface area contributed by atoms with E-state index in [1.54, 1.807) is 13.2 Å². The lowest BCUT2D eigenvalue weighted by molar-refractivity contribution is -0.117. The second-order valence-electron chi connectivity index (χ2n) is 7.04. The molecule has 1 aliphatic rings. The lowest BCUT2D eigenvalue weighted by Crippen LogP contribution is -2.48. The molecule has 0 aliphatic carbocycles. The van der Waals surface area contributed by atoms with E-state index in [0.29, 0.717) is 29.5 Å². The molecule has 0 aromatic heterocycles. The van der Waals surface area contributed by atoms with Gasteiger partial charge in [0.05, 0.1) is 24.4 Å². The lowest BCUT2D eigenvalue weighted by Gasteiger charge is -2.34. The van der Waals surface area contributed by atoms with Crippen LogP contribution in [0.25, 0.3) is 0 Å². The minimum Gasteiger partial charge on any atom is -0.496 e. The van der Waals surface area contributed by atoms with E-state index in [0.717, 1.165) is 37.3 Å². The van der Waals surface area contributed by atoms with Crippen LogP contribution in [0.5, 0.6) is 5.75 Å². The second-order valence-corrected chi connectivity index (χ2v) is 7.45. The van der Waals surface area contributed by atoms with Gasteiger partial charge in [-0.3, -0.25) is 14.6 Å². The van der Waals surface area contributed by atoms with E-state index < -0.39 is 0 Å². The number of benzene rings is 2. The van der Waals surface area contributed by atoms with Gasteiger partial charge in [0.2, 0.25) is 5.91 Å². The number of carbonyl (C=O) groups is 1. The van der Waals surface area contributed by atoms with Gasteiger partial charge in [-0.05, 0) is 42.8 Å². The molecule has 150 valence electrons. The molecule has 3 rings (SSSR count). The number of methoxy groups -OCH3 is 1. The van der Waals surface area contributed by atoms with Gasteiger partial charge in [-0.1, -0.05) is 17.7 Å². The lowest BCUT2D eigenvalue weighted by atomic mass is 10.1. The van der Waals surface area contributed by atoms with Crippen molar-refractivity contribution in [2.24, 2.45) is 0 Å². The van der Waals surface area contributed by atoms with Crippen molar-refractivity contribution in [3.63, 3.8) is 0 Å². The number of aryl methyl sites for hydroxylation is 1. The third-order valence-electron chi connectivity index (χ3n) is 4.87. The van der Waals surface area contributed by atoms with E-state index in [2.05, 4.69) is 15.1 Å². The Morgan fingerprint density at radius 3 is 2.54 bits per heavy atom. The fraction of sp³-hybridized carbons (Fsp3) is 0.381. The summed E-state index contributed by atoms with van der Waals surface area (Å²) in [5.74, 6) is 0.352. The zero-order valence-electron chi connectivity index (χ0n) is 16.2. The summed E-state index contributed by atoms with van der Waals surface area (Å²) in [4.78, 5) is 16.7. The number of amides is 1. The number of hydrogen-bond donors (Lipinski definition) is 1. The zero-order chi connectivity index (χ0) is 20.1. The third kappa shape index (κ3) is 5.44. The summed E-state index contributed by atoms with van der Waals surface area (Å²) in [7, 11) is 1.59. The normalized spacial score (nSPS) is 15.4. The average Bonchev–Trinajstić information content (AvgIpc) is 2.66. The molecule has 0 bridgehead atoms. The minimum absolute atomic E-state index is 0.0778. The van der Waals surface area contributed by atoms with Crippen LogP contribution >= 0.6 is 11.6 Å². The predicted molar refractivity (Wildman–Crippen MR) is 109 cm³/mol. The molecule has 1 saturated heterocycles. The highest BCUT2D eigenvalue weighted by atomic mass is 35.5. The number of rotatable bonds is 6. The number of carbonyl (C=O) groups excluding carboxylic acids is 1. The molecule has 0 spiro atoms. The molecule has 2 aromatic rings. The molecule has 1 fully saturated rings. The topological polar surface area (TPSA) is 44.8 Å². The largest absolute Gasteiger partial charge is 0.496 e. The maximum Gasteiger partial charge on any atom is 0.238 e. The van der Waals surface area contributed by atoms with E-state index in [1.165, 1.54) is 12.1 Å². The van der Waals surface area contributed by atoms with E-state index in [-0.39, 0.29) is 11.7 Å². The molecule has 28 heavy (non-hydrogen) atoms. The molecule has 0 saturated carbocycles. The van der Waals surface area contributed by atoms with Crippen molar-refractivity contribution >= 4 is 23.2 Å². The monoisotopic (exact) mass is 405 g/mol. The molecule has 5 nitrogen and oxygen atoms in total. The Morgan fingerprint density at radius 2 is 1.86 bits per heavy atom. The SMILES string of the molecule is COc1ccc(F)cc1CN1CCN(CC(=O)Nc2ccc(C)cc2Cl)CC1. The average molecular weight is 406 g/mol. The van der Waals surface area contributed by atoms with Crippen LogP contribution in [0.15, 0.2) is 36.4 Å². The summed E-state index contributed by atoms with van der Waals surface area (Å²) in [5, 5.41) is 3.42. The smallest absolute Gasteiger partial charge is 0.238 e. The van der Waals surface area contributed by atoms with Gasteiger partial charge in [0.15, 0.2) is 0 Å². The summed E-state index contributed by atoms with van der Waals surface area (Å²) >= 11 is 6.18. The highest BCUT2D eigenvalue weighted by molar-refractivity contribution is 6.33. The van der Waals surface area contributed by atoms with Crippen molar-refractivity contribution in [2.75, 3.05) is 45.2 Å². The molecule has 0 atom stereocenters. The highest BCUT2D eigenvalue weighted by Gasteiger charge is 2.20. The van der Waals surface area contributed by atoms with Crippen LogP contribution in [-0.4, -0.2) is 55.5 Å². The summed E-state index contributed by atoms with van der Waals surface area (Å²) < 4.78 is 18.9. The van der Waals surface area contributed by atoms with Crippen molar-refractivity contribution in [3.05, 3.63) is 58.4 Å². The molecule has 1 amide bonds. The second kappa shape index (κ2) is 9.37. The van der Waals surface area contributed by atoms with E-state index in [9.17, 15) is 9.18 Å². The predicted octanol–water partition coefficient (Wildman–Crippen LogP) is 3.55. The van der Waals surface area contributed by atoms with Crippen molar-refractivity contribution in [1.29, 1.82) is 0 Å². The van der Waals surface area contributed by atoms with Gasteiger partial charge in [-0.25, -0.2) is 4.39 Å². The molecule has 7 heteroatoms. The molecular weight excluding hydrogens is 381 g/mol. The van der Waals surface area contributed by atoms with Gasteiger partial charge in [-0.15, -0.1) is 0 Å². The summed E-state index contributed by atoms with van der Waals surface area (Å²) in [6.07, 6.45) is 0. The van der Waals surface area contributed by atoms with Gasteiger partial charge in [0, 0.05) is 38.3 Å². The maximum atomic E-state index is 13.5. The first-order chi connectivity index (χ1) is 13.4. The molecule has 2 aromatic carbocycles. The molecule has 0 unspecified atom stereocenters. The van der Waals surface area contributed by atoms with E-state index in [4.69, 9.17) is 16.3 Å². The van der Waals surface area contributed by atoms with Gasteiger partial charge < -0.3 is 10.1 Å². The molecule has 1 heterocycles. The Bertz CT molecular complexity index is 838. The fourth-order valence-electron chi connectivity index (χ4n) is 3.33. The van der Waals surface area contributed by atoms with Gasteiger partial charge in [0.1, 0.15) is 11.6 Å². The third-order valence-corrected chi connectivity index (χ3v) is 5.18. The Hall–Kier alpha value is -2.15. The summed E-state index contributed by atoms with van der Waals surface area (Å²) in [6.45, 7) is 6.05. The zero-order valence-corrected chi connectivity index (χ0v) is 16.9. The number of nitrogens with one attached hydrogen (secondary N) is 1. The van der Waals surface area contributed by atoms with Crippen LogP contribution in [-0.2, 0) is 11.3 Å². The van der Waals surface area contributed by atoms with E-state index >= 15 is 0 Å². The quantitative estimate of drug-likeness (QED) is 0.798. The van der Waals surface area contributed by atoms with Crippen LogP contribution in [0.1, 0.15) is 11.1 Å². The Balaban J connectivity index is 1.49. The van der Waals surface area contributed by atoms with Crippen molar-refractivity contribution in [3.8, 4) is 5.75 Å². The van der Waals surface area contributed by atoms with Gasteiger partial charge >= 0.3 is 0 Å². The van der Waals surface area contributed by atoms with Crippen LogP contribution in [0.4, 0.5) is 10.1 Å². The van der Waals surface area contributed by atoms with Crippen LogP contribution in [0.3, 0.4) is 0 Å². The Kier molecular flexibility index (Phi) is 6.88. The number of anilines is 1. The molecule has 0 radical (unpaired) electrons. The van der Waals surface area contributed by atoms with Crippen molar-refractivity contribution < 1.29 is 13.9 Å². The first kappa shape index (κ1) is 20.6. The first-order valence-corrected chi connectivity index (χ1v) is 9.65. The summed E-state index contributed by atoms with van der Waals surface area (Å²) in [6, 6.07) is 10.1. The first-order valence-electron chi connectivity index (χ1n) is 9.28. The molecule has 1 N–H and O–H groups in total. The summed E-state index contributed by atoms with van der Waals surface area (Å²) in [5.41, 5.74) is 2.52. The standard InChI is InChI=1S/C21H25ClFN3O2/c1-15-3-5-19(18(22)11-15)24-21(27)14-26-9-7-25(8-10-26)13-16-12-17(23)4-6-20(16)28-2/h3-6,11-12H,7-10,13-14H2,1-2H3,(H,24,27). The van der Waals surface area contributed by atoms with Crippen molar-refractivity contribution in [1.82, 2.24) is 9.80 Å². The van der Waals surface area contributed by atoms with Gasteiger partial charge in [-0.2, -0.15) is 0 Å². The number of hydrogen-bond acceptors (Lipinski definition) is 4. The maximum absolute atomic E-state index is 13.5. The minimum atomic E-state index is -0.263. The molecule has 1 aliphatic heterocycles. The number of piperazine rings is 1. The number of nitrogens with zero attached hydrogens (tertiary/aromatic N) is 2. The fourth-order valence-corrected chi connectivity index (χ4v) is 3.61. The van der Waals surface area contributed by atoms with Crippen LogP contribution in [0, 0.1) is 12.7 Å². The van der Waals surface area contributed by atoms with Crippen LogP contribution < -0.4 is 10.1 Å². The van der Waals surface area contributed by atoms with Crippen LogP contribution in [0.2, 0.25) is 5.02 Å². The highest BCUT2D eigenvalue weighted by Crippen LogP contribution is 2.23. The Morgan fingerprint density at radius 1 is 1.14 bits per heavy atom. The van der Waals surface area contributed by atoms with Gasteiger partial charge in [0.25, 0.3) is 0 Å². The van der Waals surface area contributed by atoms with Crippen molar-refractivity contribution in [2.45, 2.75) is 13.5 Å². The number of halogens is 2.